The third-order valence-corrected chi connectivity index (χ3v) is 5.98. The monoisotopic (exact) mass is 492 g/mol. The number of sulfonamides is 1. The summed E-state index contributed by atoms with van der Waals surface area (Å²) in [5, 5.41) is 5.23. The van der Waals surface area contributed by atoms with Crippen LogP contribution in [-0.2, 0) is 29.4 Å². The summed E-state index contributed by atoms with van der Waals surface area (Å²) in [6.07, 6.45) is 4.11. The van der Waals surface area contributed by atoms with Gasteiger partial charge in [-0.2, -0.15) is 4.57 Å². The molecule has 33 heavy (non-hydrogen) atoms. The van der Waals surface area contributed by atoms with Crippen LogP contribution in [0.5, 0.6) is 0 Å². The molecule has 0 saturated carbocycles. The Morgan fingerprint density at radius 2 is 1.30 bits per heavy atom. The van der Waals surface area contributed by atoms with Crippen LogP contribution in [0.25, 0.3) is 11.1 Å². The summed E-state index contributed by atoms with van der Waals surface area (Å²) in [7, 11) is -6.52. The maximum atomic E-state index is 11.5. The van der Waals surface area contributed by atoms with Gasteiger partial charge in [-0.25, -0.2) is 13.6 Å². The number of primary sulfonamides is 1. The van der Waals surface area contributed by atoms with E-state index in [1.165, 1.54) is 22.5 Å². The van der Waals surface area contributed by atoms with Crippen LogP contribution in [0.3, 0.4) is 0 Å². The highest BCUT2D eigenvalue weighted by atomic mass is 35.6. The third-order valence-electron chi connectivity index (χ3n) is 5.05. The molecular weight excluding hydrogens is 464 g/mol. The minimum atomic E-state index is -3.67. The van der Waals surface area contributed by atoms with E-state index in [-0.39, 0.29) is 4.90 Å². The van der Waals surface area contributed by atoms with E-state index in [1.807, 2.05) is 18.2 Å². The molecule has 0 saturated heterocycles. The fraction of sp³-hybridized carbons (Fsp3) is 0.292. The molecule has 0 atom stereocenters. The van der Waals surface area contributed by atoms with Gasteiger partial charge in [0.05, 0.1) is 15.7 Å². The topological polar surface area (TPSA) is 133 Å². The van der Waals surface area contributed by atoms with Crippen molar-refractivity contribution in [2.24, 2.45) is 5.14 Å². The molecule has 0 bridgehead atoms. The first-order valence-electron chi connectivity index (χ1n) is 10.6. The molecule has 0 unspecified atom stereocenters. The molecule has 7 nitrogen and oxygen atoms in total. The van der Waals surface area contributed by atoms with E-state index in [0.29, 0.717) is 6.54 Å². The van der Waals surface area contributed by atoms with E-state index in [9.17, 15) is 8.42 Å². The van der Waals surface area contributed by atoms with Gasteiger partial charge in [0.15, 0.2) is 17.9 Å². The summed E-state index contributed by atoms with van der Waals surface area (Å²) in [6, 6.07) is 21.9. The van der Waals surface area contributed by atoms with Crippen molar-refractivity contribution in [3.8, 4) is 11.1 Å². The zero-order valence-corrected chi connectivity index (χ0v) is 20.3. The van der Waals surface area contributed by atoms with E-state index in [1.54, 1.807) is 12.1 Å². The third kappa shape index (κ3) is 8.51. The lowest BCUT2D eigenvalue weighted by Gasteiger charge is -2.12. The first-order valence-corrected chi connectivity index (χ1v) is 13.1. The predicted molar refractivity (Wildman–Crippen MR) is 117 cm³/mol. The highest BCUT2D eigenvalue weighted by Crippen LogP contribution is 2.22. The molecule has 9 heteroatoms. The van der Waals surface area contributed by atoms with Gasteiger partial charge in [0.2, 0.25) is 10.0 Å². The molecule has 0 radical (unpaired) electrons. The first kappa shape index (κ1) is 26.9. The lowest BCUT2D eigenvalue weighted by Crippen LogP contribution is -2.43. The molecule has 0 amide bonds. The van der Waals surface area contributed by atoms with E-state index in [2.05, 4.69) is 54.8 Å². The fourth-order valence-corrected chi connectivity index (χ4v) is 4.15. The van der Waals surface area contributed by atoms with Crippen LogP contribution in [0.2, 0.25) is 0 Å². The van der Waals surface area contributed by atoms with Gasteiger partial charge in [-0.05, 0) is 36.1 Å². The zero-order valence-electron chi connectivity index (χ0n) is 18.7. The Kier molecular flexibility index (Phi) is 10.4. The van der Waals surface area contributed by atoms with Gasteiger partial charge < -0.3 is 14.0 Å². The number of nitrogens with two attached hydrogens (primary N) is 1. The van der Waals surface area contributed by atoms with Crippen LogP contribution in [0.15, 0.2) is 71.6 Å². The van der Waals surface area contributed by atoms with Gasteiger partial charge in [-0.3, -0.25) is 0 Å². The summed E-state index contributed by atoms with van der Waals surface area (Å²) in [5.41, 5.74) is 6.13. The Hall–Kier alpha value is -2.33. The number of aromatic nitrogens is 1. The number of benzene rings is 2. The lowest BCUT2D eigenvalue weighted by molar-refractivity contribution is -1.73. The van der Waals surface area contributed by atoms with Gasteiger partial charge >= 0.3 is 0 Å². The predicted octanol–water partition coefficient (Wildman–Crippen LogP) is 0.675. The molecular formula is C24H29ClN2O5S. The van der Waals surface area contributed by atoms with Crippen molar-refractivity contribution >= 4 is 10.0 Å². The molecule has 1 heterocycles. The molecule has 0 fully saturated rings. The lowest BCUT2D eigenvalue weighted by atomic mass is 10.0. The molecule has 3 rings (SSSR count). The number of halogens is 1. The largest absolute Gasteiger partial charge is 0.357 e. The van der Waals surface area contributed by atoms with E-state index < -0.39 is 20.8 Å². The van der Waals surface area contributed by atoms with Gasteiger partial charge in [0.25, 0.3) is 0 Å². The number of aryl methyl sites for hydroxylation is 2. The van der Waals surface area contributed by atoms with Gasteiger partial charge in [0.1, 0.15) is 0 Å². The number of rotatable bonds is 8. The van der Waals surface area contributed by atoms with Crippen molar-refractivity contribution in [3.05, 3.63) is 83.7 Å². The van der Waals surface area contributed by atoms with Gasteiger partial charge in [0, 0.05) is 30.5 Å². The summed E-state index contributed by atoms with van der Waals surface area (Å²) in [6.45, 7) is 5.10. The molecule has 2 N–H and O–H groups in total. The molecule has 2 aromatic carbocycles. The van der Waals surface area contributed by atoms with Crippen molar-refractivity contribution in [3.63, 3.8) is 0 Å². The van der Waals surface area contributed by atoms with Crippen LogP contribution in [0.4, 0.5) is 0 Å². The summed E-state index contributed by atoms with van der Waals surface area (Å²) >= 11 is 0. The first-order chi connectivity index (χ1) is 15.7. The number of hydrogen-bond donors (Lipinski definition) is 1. The normalized spacial score (nSPS) is 11.2. The summed E-state index contributed by atoms with van der Waals surface area (Å²) < 4.78 is 50.7. The van der Waals surface area contributed by atoms with E-state index in [0.717, 1.165) is 31.2 Å². The summed E-state index contributed by atoms with van der Waals surface area (Å²) in [5.74, 6) is 0. The van der Waals surface area contributed by atoms with Crippen molar-refractivity contribution in [2.45, 2.75) is 51.0 Å². The average molecular weight is 493 g/mol. The zero-order chi connectivity index (χ0) is 24.4. The van der Waals surface area contributed by atoms with Crippen molar-refractivity contribution in [2.75, 3.05) is 0 Å². The molecule has 0 aliphatic rings. The molecule has 0 aliphatic heterocycles. The van der Waals surface area contributed by atoms with Gasteiger partial charge in [-0.1, -0.05) is 56.3 Å². The second-order valence-electron chi connectivity index (χ2n) is 7.56. The van der Waals surface area contributed by atoms with Crippen molar-refractivity contribution < 1.29 is 37.7 Å². The number of nitrogens with zero attached hydrogens (tertiary/aromatic N) is 1. The fourth-order valence-electron chi connectivity index (χ4n) is 3.63. The highest BCUT2D eigenvalue weighted by molar-refractivity contribution is 7.89. The Morgan fingerprint density at radius 1 is 0.818 bits per heavy atom. The molecule has 0 aliphatic carbocycles. The standard InChI is InChI=1S/C24H29N2O2S.ClO3/c1-3-8-22-16-21(20-10-6-5-7-11-20)17-23(9-4-2)26(22)18-19-12-14-24(15-13-19)29(25,27)28;2-1(3)4/h5-7,10-17H,3-4,8-9,18H2,1-2H3,(H2,25,27,28);/q+1;-1. The second-order valence-corrected chi connectivity index (χ2v) is 9.50. The van der Waals surface area contributed by atoms with Crippen LogP contribution in [0, 0.1) is 10.8 Å². The van der Waals surface area contributed by atoms with Crippen LogP contribution in [0.1, 0.15) is 43.6 Å². The van der Waals surface area contributed by atoms with Crippen LogP contribution >= 0.6 is 0 Å². The quantitative estimate of drug-likeness (QED) is 0.461. The molecule has 1 aromatic heterocycles. The Morgan fingerprint density at radius 3 is 1.73 bits per heavy atom. The Labute approximate surface area is 198 Å². The van der Waals surface area contributed by atoms with Crippen LogP contribution < -0.4 is 23.7 Å². The smallest absolute Gasteiger partial charge is 0.238 e. The maximum absolute atomic E-state index is 11.5. The van der Waals surface area contributed by atoms with E-state index in [4.69, 9.17) is 19.1 Å². The minimum absolute atomic E-state index is 0.147. The second kappa shape index (κ2) is 12.8. The van der Waals surface area contributed by atoms with Crippen molar-refractivity contribution in [1.29, 1.82) is 0 Å². The summed E-state index contributed by atoms with van der Waals surface area (Å²) in [4.78, 5) is 0.147. The maximum Gasteiger partial charge on any atom is 0.238 e. The van der Waals surface area contributed by atoms with Crippen LogP contribution in [-0.4, -0.2) is 8.42 Å². The Balaban J connectivity index is 0.000000890. The Bertz CT molecular complexity index is 1090. The van der Waals surface area contributed by atoms with Gasteiger partial charge in [-0.15, -0.1) is 0 Å². The number of pyridine rings is 1. The molecule has 0 spiro atoms. The SMILES string of the molecule is CCCc1cc(-c2ccccc2)cc(CCC)[n+]1Cc1ccc(S(N)(=O)=O)cc1.[O-][Cl+2]([O-])[O-]. The molecule has 3 aromatic rings. The molecule has 178 valence electrons. The number of hydrogen-bond acceptors (Lipinski definition) is 5. The average Bonchev–Trinajstić information content (AvgIpc) is 2.76. The minimum Gasteiger partial charge on any atom is -0.357 e. The van der Waals surface area contributed by atoms with Crippen molar-refractivity contribution in [1.82, 2.24) is 0 Å². The van der Waals surface area contributed by atoms with E-state index >= 15 is 0 Å². The highest BCUT2D eigenvalue weighted by Gasteiger charge is 2.19.